The molecule has 1 fully saturated rings. The topological polar surface area (TPSA) is 146 Å². The van der Waals surface area contributed by atoms with Gasteiger partial charge in [0.05, 0.1) is 42.3 Å². The number of nitrogens with zero attached hydrogens (tertiary/aromatic N) is 6. The Bertz CT molecular complexity index is 1290. The number of aryl methyl sites for hydroxylation is 1. The number of hydrogen-bond acceptors (Lipinski definition) is 10. The molecule has 2 N–H and O–H groups in total. The van der Waals surface area contributed by atoms with E-state index in [0.717, 1.165) is 4.31 Å². The molecular weight excluding hydrogens is 462 g/mol. The maximum absolute atomic E-state index is 13.0. The molecule has 1 aliphatic heterocycles. The van der Waals surface area contributed by atoms with Crippen molar-refractivity contribution in [3.05, 3.63) is 36.4 Å². The summed E-state index contributed by atoms with van der Waals surface area (Å²) in [5, 5.41) is 0. The van der Waals surface area contributed by atoms with E-state index in [9.17, 15) is 13.2 Å². The third-order valence-corrected chi connectivity index (χ3v) is 7.34. The Balaban J connectivity index is 1.49. The molecule has 1 aromatic carbocycles. The van der Waals surface area contributed by atoms with Crippen molar-refractivity contribution < 1.29 is 22.7 Å². The lowest BCUT2D eigenvalue weighted by molar-refractivity contribution is 0.0496. The number of morpholine rings is 1. The Kier molecular flexibility index (Phi) is 6.95. The molecule has 1 aliphatic rings. The number of sulfonamides is 1. The van der Waals surface area contributed by atoms with Crippen molar-refractivity contribution in [2.24, 2.45) is 0 Å². The van der Waals surface area contributed by atoms with Crippen molar-refractivity contribution in [3.63, 3.8) is 0 Å². The van der Waals surface area contributed by atoms with Gasteiger partial charge in [0.25, 0.3) is 0 Å². The molecule has 13 heteroatoms. The van der Waals surface area contributed by atoms with Crippen LogP contribution in [0.5, 0.6) is 0 Å². The van der Waals surface area contributed by atoms with Gasteiger partial charge < -0.3 is 24.7 Å². The van der Waals surface area contributed by atoms with Crippen LogP contribution in [0.1, 0.15) is 16.8 Å². The highest BCUT2D eigenvalue weighted by Gasteiger charge is 2.25. The molecular formula is C21H27N7O5S. The van der Waals surface area contributed by atoms with Gasteiger partial charge in [0.15, 0.2) is 11.5 Å². The lowest BCUT2D eigenvalue weighted by atomic mass is 10.1. The zero-order valence-electron chi connectivity index (χ0n) is 19.0. The number of anilines is 2. The number of carbonyl (C=O) groups is 1. The Morgan fingerprint density at radius 3 is 2.71 bits per heavy atom. The number of benzene rings is 1. The Morgan fingerprint density at radius 1 is 1.21 bits per heavy atom. The number of nitrogen functional groups attached to an aromatic ring is 1. The molecule has 4 rings (SSSR count). The molecule has 34 heavy (non-hydrogen) atoms. The minimum Gasteiger partial charge on any atom is -0.462 e. The van der Waals surface area contributed by atoms with Crippen molar-refractivity contribution >= 4 is 38.7 Å². The number of hydrogen-bond donors (Lipinski definition) is 1. The normalized spacial score (nSPS) is 14.6. The minimum absolute atomic E-state index is 0.0311. The fraction of sp³-hybridized carbons (Fsp3) is 0.429. The average Bonchev–Trinajstić information content (AvgIpc) is 3.26. The second-order valence-corrected chi connectivity index (χ2v) is 10.1. The highest BCUT2D eigenvalue weighted by Crippen LogP contribution is 2.27. The van der Waals surface area contributed by atoms with Gasteiger partial charge in [-0.2, -0.15) is 0 Å². The molecule has 0 bridgehead atoms. The highest BCUT2D eigenvalue weighted by molar-refractivity contribution is 7.89. The summed E-state index contributed by atoms with van der Waals surface area (Å²) >= 11 is 0. The van der Waals surface area contributed by atoms with E-state index in [1.807, 2.05) is 9.47 Å². The molecule has 0 atom stereocenters. The van der Waals surface area contributed by atoms with Crippen LogP contribution in [0.15, 0.2) is 35.7 Å². The van der Waals surface area contributed by atoms with Crippen molar-refractivity contribution in [1.29, 1.82) is 0 Å². The maximum atomic E-state index is 13.0. The van der Waals surface area contributed by atoms with Crippen LogP contribution in [0.2, 0.25) is 0 Å². The van der Waals surface area contributed by atoms with Crippen LogP contribution in [0.25, 0.3) is 11.2 Å². The molecule has 2 aromatic heterocycles. The molecule has 0 unspecified atom stereocenters. The van der Waals surface area contributed by atoms with Crippen molar-refractivity contribution in [3.8, 4) is 0 Å². The average molecular weight is 490 g/mol. The van der Waals surface area contributed by atoms with Gasteiger partial charge in [0, 0.05) is 33.7 Å². The predicted octanol–water partition coefficient (Wildman–Crippen LogP) is 0.743. The maximum Gasteiger partial charge on any atom is 0.340 e. The van der Waals surface area contributed by atoms with Crippen LogP contribution in [-0.2, 0) is 26.0 Å². The van der Waals surface area contributed by atoms with E-state index in [1.165, 1.54) is 32.6 Å². The van der Waals surface area contributed by atoms with Crippen LogP contribution in [-0.4, -0.2) is 85.2 Å². The fourth-order valence-electron chi connectivity index (χ4n) is 3.67. The third kappa shape index (κ3) is 4.81. The van der Waals surface area contributed by atoms with E-state index in [4.69, 9.17) is 15.2 Å². The monoisotopic (exact) mass is 489 g/mol. The second kappa shape index (κ2) is 9.91. The Morgan fingerprint density at radius 2 is 1.97 bits per heavy atom. The van der Waals surface area contributed by atoms with Gasteiger partial charge in [-0.1, -0.05) is 0 Å². The first-order chi connectivity index (χ1) is 16.3. The minimum atomic E-state index is -3.71. The van der Waals surface area contributed by atoms with Crippen molar-refractivity contribution in [2.45, 2.75) is 17.9 Å². The standard InChI is InChI=1S/C21H27N7O5S/c1-26(2)34(30,31)15-4-5-17(27-7-10-32-11-8-27)16(12-15)21(29)33-9-3-6-28-14-25-18-19(22)23-13-24-20(18)28/h4-5,12-14H,3,6-11H2,1-2H3,(H2,22,23,24). The SMILES string of the molecule is CN(C)S(=O)(=O)c1ccc(N2CCOCC2)c(C(=O)OCCCn2cnc3c(N)ncnc32)c1. The van der Waals surface area contributed by atoms with E-state index in [2.05, 4.69) is 15.0 Å². The number of carbonyl (C=O) groups excluding carboxylic acids is 1. The summed E-state index contributed by atoms with van der Waals surface area (Å²) in [5.74, 6) is -0.280. The number of fused-ring (bicyclic) bond motifs is 1. The first kappa shape index (κ1) is 23.9. The van der Waals surface area contributed by atoms with E-state index < -0.39 is 16.0 Å². The molecule has 1 saturated heterocycles. The van der Waals surface area contributed by atoms with Crippen molar-refractivity contribution in [2.75, 3.05) is 57.6 Å². The molecule has 0 amide bonds. The van der Waals surface area contributed by atoms with Gasteiger partial charge in [0.1, 0.15) is 11.8 Å². The highest BCUT2D eigenvalue weighted by atomic mass is 32.2. The fourth-order valence-corrected chi connectivity index (χ4v) is 4.60. The van der Waals surface area contributed by atoms with E-state index in [1.54, 1.807) is 12.4 Å². The molecule has 0 spiro atoms. The van der Waals surface area contributed by atoms with Crippen molar-refractivity contribution in [1.82, 2.24) is 23.8 Å². The smallest absolute Gasteiger partial charge is 0.340 e. The summed E-state index contributed by atoms with van der Waals surface area (Å²) < 4.78 is 39.1. The van der Waals surface area contributed by atoms with Gasteiger partial charge in [-0.15, -0.1) is 0 Å². The number of ether oxygens (including phenoxy) is 2. The van der Waals surface area contributed by atoms with Gasteiger partial charge in [0.2, 0.25) is 10.0 Å². The quantitative estimate of drug-likeness (QED) is 0.355. The number of esters is 1. The lowest BCUT2D eigenvalue weighted by Gasteiger charge is -2.30. The van der Waals surface area contributed by atoms with Crippen LogP contribution >= 0.6 is 0 Å². The second-order valence-electron chi connectivity index (χ2n) is 7.92. The summed E-state index contributed by atoms with van der Waals surface area (Å²) in [6.07, 6.45) is 3.49. The van der Waals surface area contributed by atoms with E-state index in [0.29, 0.717) is 61.9 Å². The number of nitrogens with two attached hydrogens (primary N) is 1. The molecule has 0 aliphatic carbocycles. The largest absolute Gasteiger partial charge is 0.462 e. The van der Waals surface area contributed by atoms with Gasteiger partial charge >= 0.3 is 5.97 Å². The summed E-state index contributed by atoms with van der Waals surface area (Å²) in [7, 11) is -0.818. The van der Waals surface area contributed by atoms with Crippen LogP contribution in [0.3, 0.4) is 0 Å². The Labute approximate surface area is 197 Å². The number of rotatable bonds is 8. The molecule has 12 nitrogen and oxygen atoms in total. The van der Waals surface area contributed by atoms with Gasteiger partial charge in [-0.25, -0.2) is 32.5 Å². The number of aromatic nitrogens is 4. The van der Waals surface area contributed by atoms with E-state index in [-0.39, 0.29) is 17.1 Å². The van der Waals surface area contributed by atoms with Gasteiger partial charge in [-0.3, -0.25) is 0 Å². The first-order valence-corrected chi connectivity index (χ1v) is 12.2. The summed E-state index contributed by atoms with van der Waals surface area (Å²) in [5.41, 5.74) is 7.77. The predicted molar refractivity (Wildman–Crippen MR) is 125 cm³/mol. The van der Waals surface area contributed by atoms with E-state index >= 15 is 0 Å². The third-order valence-electron chi connectivity index (χ3n) is 5.52. The van der Waals surface area contributed by atoms with Crippen LogP contribution < -0.4 is 10.6 Å². The van der Waals surface area contributed by atoms with Gasteiger partial charge in [-0.05, 0) is 24.6 Å². The van der Waals surface area contributed by atoms with Crippen LogP contribution in [0.4, 0.5) is 11.5 Å². The molecule has 0 radical (unpaired) electrons. The zero-order valence-corrected chi connectivity index (χ0v) is 19.9. The summed E-state index contributed by atoms with van der Waals surface area (Å²) in [6, 6.07) is 4.54. The first-order valence-electron chi connectivity index (χ1n) is 10.8. The lowest BCUT2D eigenvalue weighted by Crippen LogP contribution is -2.37. The molecule has 3 heterocycles. The molecule has 182 valence electrons. The molecule has 3 aromatic rings. The zero-order chi connectivity index (χ0) is 24.3. The number of imidazole rings is 1. The summed E-state index contributed by atoms with van der Waals surface area (Å²) in [4.78, 5) is 27.4. The van der Waals surface area contributed by atoms with Crippen LogP contribution in [0, 0.1) is 0 Å². The molecule has 0 saturated carbocycles. The summed E-state index contributed by atoms with van der Waals surface area (Å²) in [6.45, 7) is 2.88. The Hall–Kier alpha value is -3.29.